The predicted molar refractivity (Wildman–Crippen MR) is 121 cm³/mol. The van der Waals surface area contributed by atoms with Gasteiger partial charge >= 0.3 is 0 Å². The summed E-state index contributed by atoms with van der Waals surface area (Å²) in [6.07, 6.45) is 3.96. The normalized spacial score (nSPS) is 11.1. The molecule has 30 heavy (non-hydrogen) atoms. The lowest BCUT2D eigenvalue weighted by molar-refractivity contribution is 0.290. The number of aromatic nitrogens is 2. The van der Waals surface area contributed by atoms with Crippen LogP contribution in [0.2, 0.25) is 10.0 Å². The highest BCUT2D eigenvalue weighted by Gasteiger charge is 2.18. The van der Waals surface area contributed by atoms with Gasteiger partial charge in [0, 0.05) is 47.7 Å². The predicted octanol–water partition coefficient (Wildman–Crippen LogP) is 6.55. The largest absolute Gasteiger partial charge is 0.486 e. The minimum Gasteiger partial charge on any atom is -0.486 e. The molecule has 2 heterocycles. The summed E-state index contributed by atoms with van der Waals surface area (Å²) in [7, 11) is 0. The third-order valence-corrected chi connectivity index (χ3v) is 5.76. The standard InChI is InChI=1S/C18H11Cl2F3IN4OP/c19-11-5-26-6-12(20)10(11)7-29-16-2-9(15(28-30-24)3-13(16)21)17(25)8-1-14(22)18(23)27-4-8/h1-6,25,28,30H,7H2. The van der Waals surface area contributed by atoms with Crippen LogP contribution in [0, 0.1) is 23.0 Å². The molecule has 1 atom stereocenters. The number of ether oxygens (including phenoxy) is 1. The fourth-order valence-corrected chi connectivity index (χ4v) is 4.12. The van der Waals surface area contributed by atoms with Crippen LogP contribution in [0.15, 0.2) is 36.8 Å². The molecule has 0 radical (unpaired) electrons. The summed E-state index contributed by atoms with van der Waals surface area (Å²) in [5, 5.41) is 11.9. The topological polar surface area (TPSA) is 70.9 Å². The van der Waals surface area contributed by atoms with Crippen molar-refractivity contribution in [1.29, 1.82) is 5.41 Å². The first-order valence-corrected chi connectivity index (χ1v) is 12.9. The molecular weight excluding hydrogens is 574 g/mol. The van der Waals surface area contributed by atoms with Gasteiger partial charge in [0.1, 0.15) is 6.61 Å². The second-order valence-corrected chi connectivity index (χ2v) is 8.66. The summed E-state index contributed by atoms with van der Waals surface area (Å²) in [5.74, 6) is -3.32. The van der Waals surface area contributed by atoms with Gasteiger partial charge in [-0.1, -0.05) is 23.2 Å². The van der Waals surface area contributed by atoms with Crippen molar-refractivity contribution in [3.8, 4) is 5.75 Å². The molecule has 5 nitrogen and oxygen atoms in total. The Morgan fingerprint density at radius 1 is 1.10 bits per heavy atom. The minimum absolute atomic E-state index is 0.0199. The molecule has 3 aromatic rings. The molecule has 0 spiro atoms. The van der Waals surface area contributed by atoms with Crippen molar-refractivity contribution >= 4 is 63.0 Å². The van der Waals surface area contributed by atoms with Gasteiger partial charge in [-0.05, 0) is 34.2 Å². The maximum Gasteiger partial charge on any atom is 0.248 e. The highest BCUT2D eigenvalue weighted by atomic mass is 127. The van der Waals surface area contributed by atoms with Crippen molar-refractivity contribution in [1.82, 2.24) is 9.97 Å². The quantitative estimate of drug-likeness (QED) is 0.143. The lowest BCUT2D eigenvalue weighted by Gasteiger charge is -2.16. The molecule has 12 heteroatoms. The zero-order valence-electron chi connectivity index (χ0n) is 14.7. The molecule has 3 rings (SSSR count). The van der Waals surface area contributed by atoms with Crippen LogP contribution < -0.4 is 9.82 Å². The lowest BCUT2D eigenvalue weighted by atomic mass is 10.0. The fourth-order valence-electron chi connectivity index (χ4n) is 2.46. The first-order valence-electron chi connectivity index (χ1n) is 8.08. The van der Waals surface area contributed by atoms with Crippen LogP contribution in [-0.4, -0.2) is 15.7 Å². The molecule has 0 fully saturated rings. The molecule has 1 aromatic carbocycles. The van der Waals surface area contributed by atoms with E-state index in [4.69, 9.17) is 33.3 Å². The maximum absolute atomic E-state index is 14.6. The molecule has 0 saturated carbocycles. The number of anilines is 1. The third-order valence-electron chi connectivity index (χ3n) is 3.93. The smallest absolute Gasteiger partial charge is 0.248 e. The first-order chi connectivity index (χ1) is 14.3. The average molecular weight is 585 g/mol. The summed E-state index contributed by atoms with van der Waals surface area (Å²) in [6, 6.07) is 3.30. The minimum atomic E-state index is -1.27. The third kappa shape index (κ3) is 5.14. The van der Waals surface area contributed by atoms with E-state index in [0.29, 0.717) is 11.3 Å². The van der Waals surface area contributed by atoms with Gasteiger partial charge in [0.15, 0.2) is 17.4 Å². The maximum atomic E-state index is 14.6. The van der Waals surface area contributed by atoms with E-state index in [0.717, 1.165) is 18.3 Å². The molecule has 0 saturated heterocycles. The van der Waals surface area contributed by atoms with Gasteiger partial charge in [0.05, 0.1) is 21.4 Å². The van der Waals surface area contributed by atoms with E-state index in [9.17, 15) is 13.2 Å². The summed E-state index contributed by atoms with van der Waals surface area (Å²) in [5.41, 5.74) is 0.762. The molecule has 0 aliphatic carbocycles. The van der Waals surface area contributed by atoms with Crippen molar-refractivity contribution < 1.29 is 17.9 Å². The van der Waals surface area contributed by atoms with Crippen molar-refractivity contribution in [3.63, 3.8) is 0 Å². The second-order valence-electron chi connectivity index (χ2n) is 5.79. The Bertz CT molecular complexity index is 1100. The number of halogens is 6. The highest BCUT2D eigenvalue weighted by Crippen LogP contribution is 2.34. The van der Waals surface area contributed by atoms with E-state index in [-0.39, 0.29) is 45.6 Å². The molecule has 0 aliphatic rings. The molecule has 0 aliphatic heterocycles. The Balaban J connectivity index is 1.97. The van der Waals surface area contributed by atoms with Crippen LogP contribution in [-0.2, 0) is 6.61 Å². The van der Waals surface area contributed by atoms with Crippen LogP contribution in [0.25, 0.3) is 0 Å². The Morgan fingerprint density at radius 2 is 1.80 bits per heavy atom. The zero-order chi connectivity index (χ0) is 21.8. The van der Waals surface area contributed by atoms with E-state index in [2.05, 4.69) is 15.1 Å². The van der Waals surface area contributed by atoms with E-state index in [1.54, 1.807) is 0 Å². The van der Waals surface area contributed by atoms with Gasteiger partial charge in [-0.15, -0.1) is 0 Å². The van der Waals surface area contributed by atoms with E-state index < -0.39 is 17.6 Å². The van der Waals surface area contributed by atoms with Crippen LogP contribution in [0.1, 0.15) is 16.7 Å². The number of pyridine rings is 2. The number of hydrogen-bond donors (Lipinski definition) is 2. The molecule has 1 unspecified atom stereocenters. The monoisotopic (exact) mass is 584 g/mol. The summed E-state index contributed by atoms with van der Waals surface area (Å²) >= 11 is 14.1. The molecule has 2 N–H and O–H groups in total. The average Bonchev–Trinajstić information content (AvgIpc) is 2.70. The van der Waals surface area contributed by atoms with Gasteiger partial charge in [-0.2, -0.15) is 4.39 Å². The van der Waals surface area contributed by atoms with Gasteiger partial charge in [0.25, 0.3) is 0 Å². The van der Waals surface area contributed by atoms with Crippen LogP contribution in [0.4, 0.5) is 18.9 Å². The fraction of sp³-hybridized carbons (Fsp3) is 0.0556. The van der Waals surface area contributed by atoms with E-state index >= 15 is 0 Å². The number of rotatable bonds is 7. The van der Waals surface area contributed by atoms with Crippen LogP contribution in [0.5, 0.6) is 5.75 Å². The Labute approximate surface area is 194 Å². The summed E-state index contributed by atoms with van der Waals surface area (Å²) < 4.78 is 46.9. The number of benzene rings is 1. The highest BCUT2D eigenvalue weighted by molar-refractivity contribution is 14.2. The summed E-state index contributed by atoms with van der Waals surface area (Å²) in [4.78, 5) is 7.13. The molecule has 156 valence electrons. The molecule has 0 bridgehead atoms. The van der Waals surface area contributed by atoms with Crippen molar-refractivity contribution in [2.75, 3.05) is 5.09 Å². The van der Waals surface area contributed by atoms with Gasteiger partial charge in [0.2, 0.25) is 5.95 Å². The summed E-state index contributed by atoms with van der Waals surface area (Å²) in [6.45, 7) is -0.141. The number of nitrogens with zero attached hydrogens (tertiary/aromatic N) is 2. The first kappa shape index (κ1) is 23.0. The SMILES string of the molecule is N=C(c1cnc(F)c(F)c1)c1cc(OCc2c(Cl)cncc2Cl)c(F)cc1NPI. The van der Waals surface area contributed by atoms with Crippen molar-refractivity contribution in [2.45, 2.75) is 6.61 Å². The lowest BCUT2D eigenvalue weighted by Crippen LogP contribution is -2.08. The number of nitrogens with one attached hydrogen (secondary N) is 2. The molecule has 0 amide bonds. The number of hydrogen-bond acceptors (Lipinski definition) is 5. The van der Waals surface area contributed by atoms with Gasteiger partial charge in [-0.25, -0.2) is 13.8 Å². The van der Waals surface area contributed by atoms with E-state index in [1.807, 2.05) is 22.0 Å². The van der Waals surface area contributed by atoms with Crippen molar-refractivity contribution in [3.05, 3.63) is 81.1 Å². The van der Waals surface area contributed by atoms with Gasteiger partial charge < -0.3 is 9.82 Å². The Kier molecular flexibility index (Phi) is 7.73. The zero-order valence-corrected chi connectivity index (χ0v) is 19.4. The van der Waals surface area contributed by atoms with Crippen molar-refractivity contribution in [2.24, 2.45) is 0 Å². The van der Waals surface area contributed by atoms with Gasteiger partial charge in [-0.3, -0.25) is 10.4 Å². The Hall–Kier alpha value is -1.68. The molecule has 2 aromatic heterocycles. The second kappa shape index (κ2) is 10.1. The molecular formula is C18H11Cl2F3IN4OP. The van der Waals surface area contributed by atoms with Crippen LogP contribution >= 0.6 is 51.6 Å². The van der Waals surface area contributed by atoms with Crippen LogP contribution in [0.3, 0.4) is 0 Å². The Morgan fingerprint density at radius 3 is 2.43 bits per heavy atom. The van der Waals surface area contributed by atoms with E-state index in [1.165, 1.54) is 18.5 Å².